The Labute approximate surface area is 106 Å². The fraction of sp³-hybridized carbons (Fsp3) is 0.462. The molecule has 0 bridgehead atoms. The number of rotatable bonds is 2. The molecule has 90 valence electrons. The number of ether oxygens (including phenoxy) is 1. The highest BCUT2D eigenvalue weighted by atomic mass is 35.5. The van der Waals surface area contributed by atoms with Gasteiger partial charge in [-0.2, -0.15) is 0 Å². The van der Waals surface area contributed by atoms with E-state index in [2.05, 4.69) is 10.3 Å². The van der Waals surface area contributed by atoms with Crippen LogP contribution in [-0.2, 0) is 4.74 Å². The van der Waals surface area contributed by atoms with E-state index >= 15 is 0 Å². The van der Waals surface area contributed by atoms with Crippen LogP contribution in [0, 0.1) is 0 Å². The van der Waals surface area contributed by atoms with Gasteiger partial charge in [0.1, 0.15) is 12.6 Å². The number of hydrogen-bond donors (Lipinski definition) is 1. The Morgan fingerprint density at radius 3 is 3.00 bits per heavy atom. The van der Waals surface area contributed by atoms with E-state index in [1.54, 1.807) is 0 Å². The Balaban J connectivity index is 1.80. The second-order valence-electron chi connectivity index (χ2n) is 4.46. The number of aliphatic imine (C=N–C) groups is 1. The third-order valence-corrected chi connectivity index (χ3v) is 3.64. The van der Waals surface area contributed by atoms with E-state index in [0.29, 0.717) is 12.6 Å². The molecule has 3 rings (SSSR count). The molecule has 2 atom stereocenters. The largest absolute Gasteiger partial charge is 0.477 e. The van der Waals surface area contributed by atoms with Gasteiger partial charge in [0.15, 0.2) is 0 Å². The van der Waals surface area contributed by atoms with Crippen LogP contribution in [0.1, 0.15) is 24.4 Å². The molecule has 1 N–H and O–H groups in total. The monoisotopic (exact) mass is 250 g/mol. The SMILES string of the molecule is Clc1ccccc1C1COC(C2CCCN2)=N1. The highest BCUT2D eigenvalue weighted by Crippen LogP contribution is 2.30. The molecule has 1 saturated heterocycles. The molecule has 17 heavy (non-hydrogen) atoms. The highest BCUT2D eigenvalue weighted by Gasteiger charge is 2.29. The molecule has 4 heteroatoms. The lowest BCUT2D eigenvalue weighted by molar-refractivity contribution is 0.304. The smallest absolute Gasteiger partial charge is 0.201 e. The topological polar surface area (TPSA) is 33.6 Å². The summed E-state index contributed by atoms with van der Waals surface area (Å²) in [5, 5.41) is 4.17. The first kappa shape index (κ1) is 11.1. The molecular formula is C13H15ClN2O. The van der Waals surface area contributed by atoms with E-state index in [4.69, 9.17) is 16.3 Å². The van der Waals surface area contributed by atoms with Crippen LogP contribution in [-0.4, -0.2) is 25.1 Å². The molecule has 0 amide bonds. The van der Waals surface area contributed by atoms with Crippen LogP contribution in [0.2, 0.25) is 5.02 Å². The number of nitrogens with zero attached hydrogens (tertiary/aromatic N) is 1. The number of halogens is 1. The fourth-order valence-electron chi connectivity index (χ4n) is 2.38. The summed E-state index contributed by atoms with van der Waals surface area (Å²) in [7, 11) is 0. The van der Waals surface area contributed by atoms with Gasteiger partial charge in [-0.3, -0.25) is 0 Å². The highest BCUT2D eigenvalue weighted by molar-refractivity contribution is 6.31. The van der Waals surface area contributed by atoms with Gasteiger partial charge in [0, 0.05) is 5.02 Å². The first-order valence-electron chi connectivity index (χ1n) is 6.03. The molecule has 1 fully saturated rings. The van der Waals surface area contributed by atoms with Gasteiger partial charge < -0.3 is 10.1 Å². The first-order valence-corrected chi connectivity index (χ1v) is 6.40. The van der Waals surface area contributed by atoms with Gasteiger partial charge in [0.2, 0.25) is 5.90 Å². The summed E-state index contributed by atoms with van der Waals surface area (Å²) in [6, 6.07) is 8.21. The number of hydrogen-bond acceptors (Lipinski definition) is 3. The minimum Gasteiger partial charge on any atom is -0.477 e. The van der Waals surface area contributed by atoms with Crippen molar-refractivity contribution in [1.82, 2.24) is 5.32 Å². The van der Waals surface area contributed by atoms with Gasteiger partial charge >= 0.3 is 0 Å². The van der Waals surface area contributed by atoms with Crippen molar-refractivity contribution >= 4 is 17.5 Å². The van der Waals surface area contributed by atoms with Crippen LogP contribution >= 0.6 is 11.6 Å². The van der Waals surface area contributed by atoms with Gasteiger partial charge in [-0.15, -0.1) is 0 Å². The third kappa shape index (κ3) is 2.17. The molecule has 0 spiro atoms. The molecule has 2 aliphatic rings. The molecule has 2 unspecified atom stereocenters. The summed E-state index contributed by atoms with van der Waals surface area (Å²) >= 11 is 6.17. The van der Waals surface area contributed by atoms with Crippen LogP contribution in [0.4, 0.5) is 0 Å². The van der Waals surface area contributed by atoms with Gasteiger partial charge in [-0.05, 0) is 31.0 Å². The minimum absolute atomic E-state index is 0.0566. The van der Waals surface area contributed by atoms with E-state index in [9.17, 15) is 0 Å². The Hall–Kier alpha value is -1.06. The van der Waals surface area contributed by atoms with Gasteiger partial charge in [-0.1, -0.05) is 29.8 Å². The van der Waals surface area contributed by atoms with Crippen molar-refractivity contribution in [2.24, 2.45) is 4.99 Å². The predicted octanol–water partition coefficient (Wildman–Crippen LogP) is 2.56. The maximum absolute atomic E-state index is 6.17. The lowest BCUT2D eigenvalue weighted by atomic mass is 10.1. The molecule has 2 heterocycles. The summed E-state index contributed by atoms with van der Waals surface area (Å²) in [6.45, 7) is 1.67. The normalized spacial score (nSPS) is 27.9. The average molecular weight is 251 g/mol. The first-order chi connectivity index (χ1) is 8.34. The van der Waals surface area contributed by atoms with Gasteiger partial charge in [0.05, 0.1) is 6.04 Å². The number of nitrogens with one attached hydrogen (secondary N) is 1. The zero-order valence-electron chi connectivity index (χ0n) is 9.53. The lowest BCUT2D eigenvalue weighted by Crippen LogP contribution is -2.30. The van der Waals surface area contributed by atoms with Crippen molar-refractivity contribution in [2.45, 2.75) is 24.9 Å². The minimum atomic E-state index is 0.0566. The summed E-state index contributed by atoms with van der Waals surface area (Å²) in [4.78, 5) is 4.65. The van der Waals surface area contributed by atoms with Crippen molar-refractivity contribution in [1.29, 1.82) is 0 Å². The van der Waals surface area contributed by atoms with Crippen molar-refractivity contribution in [3.05, 3.63) is 34.9 Å². The molecule has 0 radical (unpaired) electrons. The van der Waals surface area contributed by atoms with E-state index in [1.807, 2.05) is 24.3 Å². The zero-order valence-corrected chi connectivity index (χ0v) is 10.3. The summed E-state index contributed by atoms with van der Waals surface area (Å²) in [5.74, 6) is 0.854. The number of benzene rings is 1. The standard InChI is InChI=1S/C13H15ClN2O/c14-10-5-2-1-4-9(10)12-8-17-13(16-12)11-6-3-7-15-11/h1-2,4-5,11-12,15H,3,6-8H2. The van der Waals surface area contributed by atoms with Crippen molar-refractivity contribution in [2.75, 3.05) is 13.2 Å². The fourth-order valence-corrected chi connectivity index (χ4v) is 2.64. The van der Waals surface area contributed by atoms with Crippen molar-refractivity contribution < 1.29 is 4.74 Å². The molecular weight excluding hydrogens is 236 g/mol. The van der Waals surface area contributed by atoms with Crippen LogP contribution in [0.3, 0.4) is 0 Å². The Kier molecular flexibility index (Phi) is 3.04. The van der Waals surface area contributed by atoms with Crippen LogP contribution in [0.5, 0.6) is 0 Å². The van der Waals surface area contributed by atoms with Crippen LogP contribution in [0.15, 0.2) is 29.3 Å². The van der Waals surface area contributed by atoms with Crippen LogP contribution < -0.4 is 5.32 Å². The van der Waals surface area contributed by atoms with E-state index in [1.165, 1.54) is 6.42 Å². The zero-order chi connectivity index (χ0) is 11.7. The van der Waals surface area contributed by atoms with E-state index < -0.39 is 0 Å². The third-order valence-electron chi connectivity index (χ3n) is 3.29. The van der Waals surface area contributed by atoms with E-state index in [-0.39, 0.29) is 6.04 Å². The molecule has 0 aromatic heterocycles. The Bertz CT molecular complexity index is 441. The van der Waals surface area contributed by atoms with Crippen LogP contribution in [0.25, 0.3) is 0 Å². The molecule has 1 aromatic carbocycles. The Morgan fingerprint density at radius 2 is 2.24 bits per heavy atom. The quantitative estimate of drug-likeness (QED) is 0.875. The van der Waals surface area contributed by atoms with E-state index in [0.717, 1.165) is 29.4 Å². The molecule has 3 nitrogen and oxygen atoms in total. The molecule has 1 aromatic rings. The van der Waals surface area contributed by atoms with Gasteiger partial charge in [-0.25, -0.2) is 4.99 Å². The maximum Gasteiger partial charge on any atom is 0.201 e. The second-order valence-corrected chi connectivity index (χ2v) is 4.87. The second kappa shape index (κ2) is 4.67. The molecule has 2 aliphatic heterocycles. The summed E-state index contributed by atoms with van der Waals surface area (Å²) < 4.78 is 5.69. The average Bonchev–Trinajstić information content (AvgIpc) is 3.00. The summed E-state index contributed by atoms with van der Waals surface area (Å²) in [6.07, 6.45) is 2.32. The molecule has 0 saturated carbocycles. The lowest BCUT2D eigenvalue weighted by Gasteiger charge is -2.08. The van der Waals surface area contributed by atoms with Crippen molar-refractivity contribution in [3.8, 4) is 0 Å². The predicted molar refractivity (Wildman–Crippen MR) is 68.6 cm³/mol. The van der Waals surface area contributed by atoms with Crippen molar-refractivity contribution in [3.63, 3.8) is 0 Å². The molecule has 0 aliphatic carbocycles. The maximum atomic E-state index is 6.17. The summed E-state index contributed by atoms with van der Waals surface area (Å²) in [5.41, 5.74) is 1.06. The Morgan fingerprint density at radius 1 is 1.35 bits per heavy atom. The van der Waals surface area contributed by atoms with Gasteiger partial charge in [0.25, 0.3) is 0 Å².